The highest BCUT2D eigenvalue weighted by molar-refractivity contribution is 9.10. The van der Waals surface area contributed by atoms with Crippen LogP contribution in [0.3, 0.4) is 0 Å². The summed E-state index contributed by atoms with van der Waals surface area (Å²) in [5.74, 6) is 0. The van der Waals surface area contributed by atoms with Gasteiger partial charge in [-0.3, -0.25) is 0 Å². The van der Waals surface area contributed by atoms with Crippen molar-refractivity contribution in [3.05, 3.63) is 33.8 Å². The van der Waals surface area contributed by atoms with E-state index in [1.807, 2.05) is 13.8 Å². The maximum atomic E-state index is 12.5. The molecule has 6 heteroatoms. The molecule has 0 bridgehead atoms. The van der Waals surface area contributed by atoms with E-state index in [4.69, 9.17) is 0 Å². The third-order valence-corrected chi connectivity index (χ3v) is 2.46. The molecule has 98 valence electrons. The van der Waals surface area contributed by atoms with E-state index in [-0.39, 0.29) is 18.4 Å². The van der Waals surface area contributed by atoms with Gasteiger partial charge >= 0.3 is 6.18 Å². The average Bonchev–Trinajstić information content (AvgIpc) is 2.12. The predicted octanol–water partition coefficient (Wildman–Crippen LogP) is 4.39. The molecule has 0 fully saturated rings. The van der Waals surface area contributed by atoms with E-state index in [9.17, 15) is 13.2 Å². The summed E-state index contributed by atoms with van der Waals surface area (Å²) >= 11 is 3.08. The second-order valence-electron chi connectivity index (χ2n) is 3.88. The molecule has 1 rings (SSSR count). The molecular formula is C11H14BrClF3N. The molecular weight excluding hydrogens is 318 g/mol. The summed E-state index contributed by atoms with van der Waals surface area (Å²) in [6.45, 7) is 4.32. The number of benzene rings is 1. The van der Waals surface area contributed by atoms with Crippen LogP contribution in [-0.4, -0.2) is 6.04 Å². The van der Waals surface area contributed by atoms with Gasteiger partial charge in [0, 0.05) is 17.1 Å². The van der Waals surface area contributed by atoms with Crippen LogP contribution in [0, 0.1) is 0 Å². The molecule has 0 aliphatic rings. The standard InChI is InChI=1S/C11H13BrF3N.ClH/c1-7(2)16-6-8-3-9(11(13,14)15)5-10(12)4-8;/h3-5,7,16H,6H2,1-2H3;1H. The van der Waals surface area contributed by atoms with Crippen molar-refractivity contribution in [2.75, 3.05) is 0 Å². The zero-order valence-electron chi connectivity index (χ0n) is 9.44. The Kier molecular flexibility index (Phi) is 6.51. The van der Waals surface area contributed by atoms with Gasteiger partial charge in [0.05, 0.1) is 5.56 Å². The number of nitrogens with one attached hydrogen (secondary N) is 1. The summed E-state index contributed by atoms with van der Waals surface area (Å²) in [5, 5.41) is 3.08. The van der Waals surface area contributed by atoms with E-state index in [1.165, 1.54) is 6.07 Å². The normalized spacial score (nSPS) is 11.5. The molecule has 0 atom stereocenters. The second-order valence-corrected chi connectivity index (χ2v) is 4.80. The van der Waals surface area contributed by atoms with E-state index >= 15 is 0 Å². The van der Waals surface area contributed by atoms with Crippen LogP contribution < -0.4 is 5.32 Å². The number of halogens is 5. The lowest BCUT2D eigenvalue weighted by Crippen LogP contribution is -2.22. The van der Waals surface area contributed by atoms with Crippen LogP contribution in [0.2, 0.25) is 0 Å². The first kappa shape index (κ1) is 16.7. The van der Waals surface area contributed by atoms with E-state index in [0.717, 1.165) is 6.07 Å². The summed E-state index contributed by atoms with van der Waals surface area (Å²) in [5.41, 5.74) is -0.00201. The van der Waals surface area contributed by atoms with E-state index in [2.05, 4.69) is 21.2 Å². The summed E-state index contributed by atoms with van der Waals surface area (Å²) < 4.78 is 38.0. The van der Waals surface area contributed by atoms with Crippen LogP contribution in [0.5, 0.6) is 0 Å². The van der Waals surface area contributed by atoms with Crippen molar-refractivity contribution >= 4 is 28.3 Å². The van der Waals surface area contributed by atoms with Gasteiger partial charge in [-0.1, -0.05) is 29.8 Å². The van der Waals surface area contributed by atoms with Gasteiger partial charge in [-0.25, -0.2) is 0 Å². The second kappa shape index (κ2) is 6.61. The Morgan fingerprint density at radius 3 is 2.29 bits per heavy atom. The van der Waals surface area contributed by atoms with Gasteiger partial charge in [0.2, 0.25) is 0 Å². The smallest absolute Gasteiger partial charge is 0.310 e. The molecule has 0 radical (unpaired) electrons. The third-order valence-electron chi connectivity index (χ3n) is 2.00. The quantitative estimate of drug-likeness (QED) is 0.866. The van der Waals surface area contributed by atoms with Gasteiger partial charge in [-0.05, 0) is 23.8 Å². The summed E-state index contributed by atoms with van der Waals surface area (Å²) in [7, 11) is 0. The molecule has 0 unspecified atom stereocenters. The SMILES string of the molecule is CC(C)NCc1cc(Br)cc(C(F)(F)F)c1.Cl. The molecule has 17 heavy (non-hydrogen) atoms. The number of rotatable bonds is 3. The molecule has 0 heterocycles. The highest BCUT2D eigenvalue weighted by atomic mass is 79.9. The lowest BCUT2D eigenvalue weighted by atomic mass is 10.1. The molecule has 0 saturated heterocycles. The van der Waals surface area contributed by atoms with Gasteiger partial charge < -0.3 is 5.32 Å². The lowest BCUT2D eigenvalue weighted by molar-refractivity contribution is -0.137. The average molecular weight is 333 g/mol. The molecule has 0 aromatic heterocycles. The molecule has 1 aromatic rings. The maximum absolute atomic E-state index is 12.5. The fourth-order valence-corrected chi connectivity index (χ4v) is 1.78. The Morgan fingerprint density at radius 1 is 1.24 bits per heavy atom. The minimum atomic E-state index is -4.30. The largest absolute Gasteiger partial charge is 0.416 e. The molecule has 1 aromatic carbocycles. The number of hydrogen-bond acceptors (Lipinski definition) is 1. The van der Waals surface area contributed by atoms with Gasteiger partial charge in [-0.2, -0.15) is 13.2 Å². The van der Waals surface area contributed by atoms with Crippen molar-refractivity contribution in [3.63, 3.8) is 0 Å². The van der Waals surface area contributed by atoms with Crippen molar-refractivity contribution in [3.8, 4) is 0 Å². The zero-order chi connectivity index (χ0) is 12.3. The molecule has 1 N–H and O–H groups in total. The minimum absolute atomic E-state index is 0. The monoisotopic (exact) mass is 331 g/mol. The van der Waals surface area contributed by atoms with Crippen molar-refractivity contribution in [1.29, 1.82) is 0 Å². The fourth-order valence-electron chi connectivity index (χ4n) is 1.24. The first-order valence-electron chi connectivity index (χ1n) is 4.89. The molecule has 0 amide bonds. The van der Waals surface area contributed by atoms with E-state index in [0.29, 0.717) is 16.6 Å². The Labute approximate surface area is 113 Å². The zero-order valence-corrected chi connectivity index (χ0v) is 11.8. The topological polar surface area (TPSA) is 12.0 Å². The maximum Gasteiger partial charge on any atom is 0.416 e. The van der Waals surface area contributed by atoms with Crippen LogP contribution >= 0.6 is 28.3 Å². The third kappa shape index (κ3) is 5.75. The number of alkyl halides is 3. The summed E-state index contributed by atoms with van der Waals surface area (Å²) in [6, 6.07) is 4.18. The first-order chi connectivity index (χ1) is 7.29. The Balaban J connectivity index is 0.00000256. The van der Waals surface area contributed by atoms with Crippen LogP contribution in [0.15, 0.2) is 22.7 Å². The van der Waals surface area contributed by atoms with Crippen molar-refractivity contribution in [2.24, 2.45) is 0 Å². The van der Waals surface area contributed by atoms with Crippen LogP contribution in [0.1, 0.15) is 25.0 Å². The molecule has 0 aliphatic heterocycles. The molecule has 1 nitrogen and oxygen atoms in total. The fraction of sp³-hybridized carbons (Fsp3) is 0.455. The van der Waals surface area contributed by atoms with Gasteiger partial charge in [0.15, 0.2) is 0 Å². The lowest BCUT2D eigenvalue weighted by Gasteiger charge is -2.12. The van der Waals surface area contributed by atoms with Crippen LogP contribution in [0.4, 0.5) is 13.2 Å². The van der Waals surface area contributed by atoms with Crippen molar-refractivity contribution in [2.45, 2.75) is 32.6 Å². The Hall–Kier alpha value is -0.260. The number of hydrogen-bond donors (Lipinski definition) is 1. The van der Waals surface area contributed by atoms with Crippen LogP contribution in [-0.2, 0) is 12.7 Å². The predicted molar refractivity (Wildman–Crippen MR) is 68.4 cm³/mol. The molecule has 0 spiro atoms. The van der Waals surface area contributed by atoms with Crippen molar-refractivity contribution < 1.29 is 13.2 Å². The minimum Gasteiger partial charge on any atom is -0.310 e. The van der Waals surface area contributed by atoms with E-state index < -0.39 is 11.7 Å². The van der Waals surface area contributed by atoms with Gasteiger partial charge in [-0.15, -0.1) is 12.4 Å². The molecule has 0 saturated carbocycles. The highest BCUT2D eigenvalue weighted by Crippen LogP contribution is 2.31. The van der Waals surface area contributed by atoms with E-state index in [1.54, 1.807) is 6.07 Å². The van der Waals surface area contributed by atoms with Gasteiger partial charge in [0.25, 0.3) is 0 Å². The summed E-state index contributed by atoms with van der Waals surface area (Å²) in [4.78, 5) is 0. The summed E-state index contributed by atoms with van der Waals surface area (Å²) in [6.07, 6.45) is -4.30. The van der Waals surface area contributed by atoms with Crippen molar-refractivity contribution in [1.82, 2.24) is 5.32 Å². The molecule has 0 aliphatic carbocycles. The Morgan fingerprint density at radius 2 is 1.82 bits per heavy atom. The highest BCUT2D eigenvalue weighted by Gasteiger charge is 2.30. The Bertz CT molecular complexity index is 366. The first-order valence-corrected chi connectivity index (χ1v) is 5.68. The van der Waals surface area contributed by atoms with Gasteiger partial charge in [0.1, 0.15) is 0 Å². The van der Waals surface area contributed by atoms with Crippen LogP contribution in [0.25, 0.3) is 0 Å².